The van der Waals surface area contributed by atoms with Gasteiger partial charge in [-0.1, -0.05) is 0 Å². The number of sulfonamides is 1. The number of aryl methyl sites for hydroxylation is 1. The molecule has 0 saturated carbocycles. The average Bonchev–Trinajstić information content (AvgIpc) is 2.75. The van der Waals surface area contributed by atoms with Crippen molar-refractivity contribution in [2.24, 2.45) is 5.73 Å². The molecule has 11 heteroatoms. The number of hydrogen-bond donors (Lipinski definition) is 4. The van der Waals surface area contributed by atoms with Gasteiger partial charge in [-0.2, -0.15) is 9.29 Å². The molecule has 0 radical (unpaired) electrons. The Morgan fingerprint density at radius 3 is 2.48 bits per heavy atom. The van der Waals surface area contributed by atoms with Gasteiger partial charge in [0.25, 0.3) is 0 Å². The van der Waals surface area contributed by atoms with E-state index in [0.29, 0.717) is 41.8 Å². The summed E-state index contributed by atoms with van der Waals surface area (Å²) >= 11 is 0. The van der Waals surface area contributed by atoms with Crippen molar-refractivity contribution in [3.8, 4) is 0 Å². The summed E-state index contributed by atoms with van der Waals surface area (Å²) in [4.78, 5) is 8.82. The quantitative estimate of drug-likeness (QED) is 0.375. The van der Waals surface area contributed by atoms with Crippen LogP contribution in [0.2, 0.25) is 0 Å². The summed E-state index contributed by atoms with van der Waals surface area (Å²) in [6, 6.07) is 12.8. The molecule has 0 atom stereocenters. The molecule has 0 bridgehead atoms. The number of nitrogens with one attached hydrogen (secondary N) is 3. The summed E-state index contributed by atoms with van der Waals surface area (Å²) in [5.41, 5.74) is 7.51. The van der Waals surface area contributed by atoms with Gasteiger partial charge < -0.3 is 21.7 Å². The molecular weight excluding hydrogens is 445 g/mol. The minimum absolute atomic E-state index is 0.0788. The highest BCUT2D eigenvalue weighted by Crippen LogP contribution is 2.23. The fraction of sp³-hybridized carbons (Fsp3) is 0.273. The van der Waals surface area contributed by atoms with Gasteiger partial charge >= 0.3 is 0 Å². The van der Waals surface area contributed by atoms with E-state index in [1.54, 1.807) is 55.6 Å². The van der Waals surface area contributed by atoms with Crippen molar-refractivity contribution in [3.05, 3.63) is 66.1 Å². The molecular formula is C22H26FN7O2S. The number of hydrogen-bond acceptors (Lipinski definition) is 8. The first kappa shape index (κ1) is 23.1. The zero-order valence-corrected chi connectivity index (χ0v) is 18.9. The number of nitrogens with two attached hydrogens (primary N) is 1. The summed E-state index contributed by atoms with van der Waals surface area (Å²) in [7, 11) is -3.64. The van der Waals surface area contributed by atoms with E-state index in [9.17, 15) is 12.8 Å². The van der Waals surface area contributed by atoms with Crippen molar-refractivity contribution in [1.29, 1.82) is 0 Å². The van der Waals surface area contributed by atoms with Crippen LogP contribution < -0.4 is 21.7 Å². The number of rotatable bonds is 9. The lowest BCUT2D eigenvalue weighted by atomic mass is 10.2. The summed E-state index contributed by atoms with van der Waals surface area (Å²) in [5.74, 6) is 0.593. The molecule has 0 amide bonds. The van der Waals surface area contributed by atoms with Crippen LogP contribution in [-0.2, 0) is 10.0 Å². The molecule has 1 aromatic heterocycles. The van der Waals surface area contributed by atoms with E-state index in [0.717, 1.165) is 0 Å². The Labute approximate surface area is 192 Å². The van der Waals surface area contributed by atoms with Crippen LogP contribution in [0.4, 0.5) is 27.5 Å². The Morgan fingerprint density at radius 1 is 1.12 bits per heavy atom. The van der Waals surface area contributed by atoms with Crippen LogP contribution in [0, 0.1) is 12.7 Å². The molecule has 1 aliphatic rings. The molecule has 0 unspecified atom stereocenters. The Hall–Kier alpha value is -3.12. The second kappa shape index (κ2) is 9.79. The first-order valence-corrected chi connectivity index (χ1v) is 12.0. The zero-order chi connectivity index (χ0) is 23.4. The van der Waals surface area contributed by atoms with Crippen LogP contribution >= 0.6 is 0 Å². The fourth-order valence-electron chi connectivity index (χ4n) is 3.44. The summed E-state index contributed by atoms with van der Waals surface area (Å²) in [6.45, 7) is 3.47. The number of aromatic nitrogens is 2. The molecule has 0 aliphatic carbocycles. The summed E-state index contributed by atoms with van der Waals surface area (Å²) in [5, 5.41) is 9.28. The Bertz CT molecular complexity index is 1220. The fourth-order valence-corrected chi connectivity index (χ4v) is 5.08. The van der Waals surface area contributed by atoms with Crippen LogP contribution in [0.25, 0.3) is 0 Å². The predicted molar refractivity (Wildman–Crippen MR) is 126 cm³/mol. The number of anilines is 4. The standard InChI is InChI=1S/C22H26FN7O2S/c1-15-12-17(4-7-20(15)23)27-21-8-10-26-22(29-21)28-16-2-5-19(6-3-16)33(31,32)30(11-9-24)18-13-25-14-18/h2-8,10,12,18,25H,9,11,13-14,24H2,1H3,(H2,26,27,28,29). The third-order valence-electron chi connectivity index (χ3n) is 5.32. The predicted octanol–water partition coefficient (Wildman–Crippen LogP) is 2.33. The van der Waals surface area contributed by atoms with Gasteiger partial charge in [-0.05, 0) is 61.0 Å². The molecule has 1 fully saturated rings. The second-order valence-corrected chi connectivity index (χ2v) is 9.61. The van der Waals surface area contributed by atoms with E-state index in [1.165, 1.54) is 10.4 Å². The topological polar surface area (TPSA) is 125 Å². The van der Waals surface area contributed by atoms with Crippen LogP contribution in [0.3, 0.4) is 0 Å². The lowest BCUT2D eigenvalue weighted by molar-refractivity contribution is 0.246. The normalized spacial score (nSPS) is 14.2. The molecule has 174 valence electrons. The van der Waals surface area contributed by atoms with Crippen molar-refractivity contribution in [1.82, 2.24) is 19.6 Å². The van der Waals surface area contributed by atoms with E-state index in [4.69, 9.17) is 5.73 Å². The molecule has 9 nitrogen and oxygen atoms in total. The van der Waals surface area contributed by atoms with Crippen molar-refractivity contribution in [2.45, 2.75) is 17.9 Å². The first-order chi connectivity index (χ1) is 15.9. The van der Waals surface area contributed by atoms with Crippen molar-refractivity contribution >= 4 is 33.2 Å². The maximum Gasteiger partial charge on any atom is 0.243 e. The molecule has 2 aromatic carbocycles. The Balaban J connectivity index is 1.46. The summed E-state index contributed by atoms with van der Waals surface area (Å²) < 4.78 is 41.0. The first-order valence-electron chi connectivity index (χ1n) is 10.5. The van der Waals surface area contributed by atoms with Crippen LogP contribution in [0.1, 0.15) is 5.56 Å². The van der Waals surface area contributed by atoms with Gasteiger partial charge in [0.1, 0.15) is 11.6 Å². The molecule has 1 saturated heterocycles. The monoisotopic (exact) mass is 471 g/mol. The molecule has 4 rings (SSSR count). The minimum atomic E-state index is -3.64. The van der Waals surface area contributed by atoms with Gasteiger partial charge in [0, 0.05) is 43.8 Å². The molecule has 0 spiro atoms. The molecule has 33 heavy (non-hydrogen) atoms. The maximum atomic E-state index is 13.5. The van der Waals surface area contributed by atoms with Crippen LogP contribution in [-0.4, -0.2) is 54.9 Å². The second-order valence-electron chi connectivity index (χ2n) is 7.72. The molecule has 5 N–H and O–H groups in total. The molecule has 2 heterocycles. The molecule has 3 aromatic rings. The maximum absolute atomic E-state index is 13.5. The van der Waals surface area contributed by atoms with Crippen molar-refractivity contribution < 1.29 is 12.8 Å². The molecule has 1 aliphatic heterocycles. The van der Waals surface area contributed by atoms with E-state index in [1.807, 2.05) is 0 Å². The van der Waals surface area contributed by atoms with E-state index in [2.05, 4.69) is 25.9 Å². The highest BCUT2D eigenvalue weighted by atomic mass is 32.2. The van der Waals surface area contributed by atoms with Crippen molar-refractivity contribution in [2.75, 3.05) is 36.8 Å². The lowest BCUT2D eigenvalue weighted by Gasteiger charge is -2.37. The van der Waals surface area contributed by atoms with Gasteiger partial charge in [-0.3, -0.25) is 0 Å². The smallest absolute Gasteiger partial charge is 0.243 e. The van der Waals surface area contributed by atoms with Crippen LogP contribution in [0.15, 0.2) is 59.6 Å². The van der Waals surface area contributed by atoms with E-state index < -0.39 is 10.0 Å². The zero-order valence-electron chi connectivity index (χ0n) is 18.1. The third kappa shape index (κ3) is 5.28. The minimum Gasteiger partial charge on any atom is -0.340 e. The van der Waals surface area contributed by atoms with Gasteiger partial charge in [0.2, 0.25) is 16.0 Å². The number of nitrogens with zero attached hydrogens (tertiary/aromatic N) is 3. The van der Waals surface area contributed by atoms with Gasteiger partial charge in [0.15, 0.2) is 0 Å². The number of benzene rings is 2. The third-order valence-corrected chi connectivity index (χ3v) is 7.29. The number of halogens is 1. The summed E-state index contributed by atoms with van der Waals surface area (Å²) in [6.07, 6.45) is 1.59. The largest absolute Gasteiger partial charge is 0.340 e. The Morgan fingerprint density at radius 2 is 1.85 bits per heavy atom. The van der Waals surface area contributed by atoms with Crippen LogP contribution in [0.5, 0.6) is 0 Å². The van der Waals surface area contributed by atoms with E-state index in [-0.39, 0.29) is 29.8 Å². The highest BCUT2D eigenvalue weighted by molar-refractivity contribution is 7.89. The average molecular weight is 472 g/mol. The van der Waals surface area contributed by atoms with Gasteiger partial charge in [-0.15, -0.1) is 0 Å². The van der Waals surface area contributed by atoms with Crippen molar-refractivity contribution in [3.63, 3.8) is 0 Å². The van der Waals surface area contributed by atoms with Gasteiger partial charge in [-0.25, -0.2) is 17.8 Å². The lowest BCUT2D eigenvalue weighted by Crippen LogP contribution is -2.59. The van der Waals surface area contributed by atoms with E-state index >= 15 is 0 Å². The SMILES string of the molecule is Cc1cc(Nc2ccnc(Nc3ccc(S(=O)(=O)N(CCN)C4CNC4)cc3)n2)ccc1F. The highest BCUT2D eigenvalue weighted by Gasteiger charge is 2.34. The van der Waals surface area contributed by atoms with Gasteiger partial charge in [0.05, 0.1) is 10.9 Å². The Kier molecular flexibility index (Phi) is 6.84.